The van der Waals surface area contributed by atoms with E-state index in [4.69, 9.17) is 10.5 Å². The highest BCUT2D eigenvalue weighted by atomic mass is 79.9. The van der Waals surface area contributed by atoms with Crippen LogP contribution in [0.3, 0.4) is 0 Å². The van der Waals surface area contributed by atoms with Crippen molar-refractivity contribution < 1.29 is 9.84 Å². The van der Waals surface area contributed by atoms with Crippen LogP contribution >= 0.6 is 44.3 Å². The van der Waals surface area contributed by atoms with E-state index in [-0.39, 0.29) is 24.2 Å². The number of ether oxygens (including phenoxy) is 1. The predicted octanol–water partition coefficient (Wildman–Crippen LogP) is 3.77. The molecule has 0 saturated carbocycles. The van der Waals surface area contributed by atoms with E-state index in [1.807, 2.05) is 12.1 Å². The van der Waals surface area contributed by atoms with Crippen LogP contribution in [0.4, 0.5) is 0 Å². The van der Waals surface area contributed by atoms with Crippen molar-refractivity contribution in [2.75, 3.05) is 13.2 Å². The monoisotopic (exact) mass is 399 g/mol. The number of aromatic hydroxyl groups is 1. The third kappa shape index (κ3) is 3.61. The summed E-state index contributed by atoms with van der Waals surface area (Å²) in [6.07, 6.45) is 1.99. The molecule has 1 aliphatic rings. The first-order chi connectivity index (χ1) is 8.09. The van der Waals surface area contributed by atoms with Gasteiger partial charge in [-0.2, -0.15) is 0 Å². The summed E-state index contributed by atoms with van der Waals surface area (Å²) in [6.45, 7) is 1.58. The fourth-order valence-corrected chi connectivity index (χ4v) is 3.35. The van der Waals surface area contributed by atoms with Gasteiger partial charge in [-0.1, -0.05) is 0 Å². The van der Waals surface area contributed by atoms with Gasteiger partial charge in [-0.05, 0) is 68.3 Å². The van der Waals surface area contributed by atoms with Crippen molar-refractivity contribution >= 4 is 44.3 Å². The largest absolute Gasteiger partial charge is 0.506 e. The fourth-order valence-electron chi connectivity index (χ4n) is 2.12. The molecule has 1 saturated heterocycles. The van der Waals surface area contributed by atoms with Gasteiger partial charge in [-0.15, -0.1) is 12.4 Å². The summed E-state index contributed by atoms with van der Waals surface area (Å²) in [5.74, 6) is 0.667. The van der Waals surface area contributed by atoms with Crippen LogP contribution in [-0.2, 0) is 4.74 Å². The molecule has 2 rings (SSSR count). The molecule has 0 aliphatic carbocycles. The van der Waals surface area contributed by atoms with Crippen LogP contribution in [0.25, 0.3) is 0 Å². The van der Waals surface area contributed by atoms with Crippen LogP contribution < -0.4 is 5.73 Å². The van der Waals surface area contributed by atoms with Crippen LogP contribution in [-0.4, -0.2) is 18.3 Å². The van der Waals surface area contributed by atoms with E-state index in [2.05, 4.69) is 31.9 Å². The Bertz CT molecular complexity index is 388. The third-order valence-electron chi connectivity index (χ3n) is 3.20. The number of phenols is 1. The quantitative estimate of drug-likeness (QED) is 0.793. The number of benzene rings is 1. The van der Waals surface area contributed by atoms with E-state index in [9.17, 15) is 5.11 Å². The molecule has 1 fully saturated rings. The molecule has 3 N–H and O–H groups in total. The van der Waals surface area contributed by atoms with Gasteiger partial charge >= 0.3 is 0 Å². The molecule has 1 aromatic rings. The van der Waals surface area contributed by atoms with E-state index in [0.717, 1.165) is 31.6 Å². The molecule has 0 radical (unpaired) electrons. The number of hydrogen-bond acceptors (Lipinski definition) is 3. The number of phenolic OH excluding ortho intramolecular Hbond substituents is 1. The molecule has 0 unspecified atom stereocenters. The maximum Gasteiger partial charge on any atom is 0.143 e. The van der Waals surface area contributed by atoms with E-state index >= 15 is 0 Å². The summed E-state index contributed by atoms with van der Waals surface area (Å²) in [5.41, 5.74) is 7.31. The molecule has 1 heterocycles. The molecule has 18 heavy (non-hydrogen) atoms. The minimum absolute atomic E-state index is 0. The molecule has 1 aliphatic heterocycles. The van der Waals surface area contributed by atoms with Gasteiger partial charge < -0.3 is 15.6 Å². The van der Waals surface area contributed by atoms with Crippen molar-refractivity contribution in [1.82, 2.24) is 0 Å². The highest BCUT2D eigenvalue weighted by molar-refractivity contribution is 9.11. The molecule has 102 valence electrons. The molecule has 6 heteroatoms. The summed E-state index contributed by atoms with van der Waals surface area (Å²) in [7, 11) is 0. The second-order valence-corrected chi connectivity index (χ2v) is 6.02. The first-order valence-corrected chi connectivity index (χ1v) is 7.19. The average Bonchev–Trinajstić information content (AvgIpc) is 2.35. The Morgan fingerprint density at radius 2 is 1.72 bits per heavy atom. The normalized spacial score (nSPS) is 18.2. The van der Waals surface area contributed by atoms with Crippen molar-refractivity contribution in [2.45, 2.75) is 18.9 Å². The summed E-state index contributed by atoms with van der Waals surface area (Å²) in [4.78, 5) is 0. The van der Waals surface area contributed by atoms with Crippen molar-refractivity contribution in [3.05, 3.63) is 26.6 Å². The van der Waals surface area contributed by atoms with Crippen LogP contribution in [0, 0.1) is 5.92 Å². The van der Waals surface area contributed by atoms with Gasteiger partial charge in [0.15, 0.2) is 0 Å². The number of rotatable bonds is 2. The second kappa shape index (κ2) is 7.10. The zero-order chi connectivity index (χ0) is 12.4. The van der Waals surface area contributed by atoms with E-state index in [1.165, 1.54) is 0 Å². The Hall–Kier alpha value is 0.190. The van der Waals surface area contributed by atoms with Crippen molar-refractivity contribution in [2.24, 2.45) is 11.7 Å². The molecule has 0 bridgehead atoms. The molecule has 1 atom stereocenters. The van der Waals surface area contributed by atoms with Gasteiger partial charge in [0, 0.05) is 19.3 Å². The maximum absolute atomic E-state index is 9.67. The number of halogens is 3. The minimum atomic E-state index is -0.00731. The lowest BCUT2D eigenvalue weighted by molar-refractivity contribution is 0.0583. The standard InChI is InChI=1S/C12H15Br2NO2.ClH/c13-9-5-8(6-10(14)12(9)16)11(15)7-1-3-17-4-2-7;/h5-7,11,16H,1-4,15H2;1H/t11-;/m1./s1. The van der Waals surface area contributed by atoms with Gasteiger partial charge in [-0.3, -0.25) is 0 Å². The Morgan fingerprint density at radius 1 is 1.22 bits per heavy atom. The van der Waals surface area contributed by atoms with Gasteiger partial charge in [0.2, 0.25) is 0 Å². The van der Waals surface area contributed by atoms with Crippen molar-refractivity contribution in [3.8, 4) is 5.75 Å². The Morgan fingerprint density at radius 3 is 2.22 bits per heavy atom. The van der Waals surface area contributed by atoms with Gasteiger partial charge in [0.1, 0.15) is 5.75 Å². The van der Waals surface area contributed by atoms with E-state index in [0.29, 0.717) is 14.9 Å². The summed E-state index contributed by atoms with van der Waals surface area (Å²) >= 11 is 6.66. The molecule has 0 aromatic heterocycles. The van der Waals surface area contributed by atoms with Crippen LogP contribution in [0.1, 0.15) is 24.4 Å². The van der Waals surface area contributed by atoms with Crippen molar-refractivity contribution in [1.29, 1.82) is 0 Å². The SMILES string of the molecule is Cl.N[C@@H](c1cc(Br)c(O)c(Br)c1)C1CCOCC1. The molecule has 0 spiro atoms. The average molecular weight is 402 g/mol. The second-order valence-electron chi connectivity index (χ2n) is 4.31. The van der Waals surface area contributed by atoms with Gasteiger partial charge in [-0.25, -0.2) is 0 Å². The van der Waals surface area contributed by atoms with E-state index < -0.39 is 0 Å². The van der Waals surface area contributed by atoms with Crippen LogP contribution in [0.2, 0.25) is 0 Å². The van der Waals surface area contributed by atoms with Crippen LogP contribution in [0.15, 0.2) is 21.1 Å². The van der Waals surface area contributed by atoms with Gasteiger partial charge in [0.25, 0.3) is 0 Å². The summed E-state index contributed by atoms with van der Waals surface area (Å²) in [5, 5.41) is 9.67. The number of nitrogens with two attached hydrogens (primary N) is 1. The molecular formula is C12H16Br2ClNO2. The topological polar surface area (TPSA) is 55.5 Å². The molecule has 1 aromatic carbocycles. The Kier molecular flexibility index (Phi) is 6.41. The first-order valence-electron chi connectivity index (χ1n) is 5.61. The minimum Gasteiger partial charge on any atom is -0.506 e. The lowest BCUT2D eigenvalue weighted by atomic mass is 9.88. The van der Waals surface area contributed by atoms with E-state index in [1.54, 1.807) is 0 Å². The van der Waals surface area contributed by atoms with Crippen LogP contribution in [0.5, 0.6) is 5.75 Å². The number of hydrogen-bond donors (Lipinski definition) is 2. The summed E-state index contributed by atoms with van der Waals surface area (Å²) in [6, 6.07) is 3.77. The Balaban J connectivity index is 0.00000162. The molecule has 0 amide bonds. The summed E-state index contributed by atoms with van der Waals surface area (Å²) < 4.78 is 6.68. The lowest BCUT2D eigenvalue weighted by Gasteiger charge is -2.28. The Labute approximate surface area is 130 Å². The maximum atomic E-state index is 9.67. The van der Waals surface area contributed by atoms with Crippen molar-refractivity contribution in [3.63, 3.8) is 0 Å². The highest BCUT2D eigenvalue weighted by Crippen LogP contribution is 2.37. The highest BCUT2D eigenvalue weighted by Gasteiger charge is 2.23. The smallest absolute Gasteiger partial charge is 0.143 e. The molecular weight excluding hydrogens is 385 g/mol. The lowest BCUT2D eigenvalue weighted by Crippen LogP contribution is -2.27. The third-order valence-corrected chi connectivity index (χ3v) is 4.41. The zero-order valence-corrected chi connectivity index (χ0v) is 13.7. The fraction of sp³-hybridized carbons (Fsp3) is 0.500. The van der Waals surface area contributed by atoms with Gasteiger partial charge in [0.05, 0.1) is 8.95 Å². The first kappa shape index (κ1) is 16.2. The zero-order valence-electron chi connectivity index (χ0n) is 9.73. The molecule has 3 nitrogen and oxygen atoms in total. The predicted molar refractivity (Wildman–Crippen MR) is 81.2 cm³/mol.